The fraction of sp³-hybridized carbons (Fsp3) is 0.158. The molecule has 25 heavy (non-hydrogen) atoms. The van der Waals surface area contributed by atoms with Crippen LogP contribution in [0.1, 0.15) is 21.6 Å². The largest absolute Gasteiger partial charge is 0.322 e. The maximum Gasteiger partial charge on any atom is 0.258 e. The third-order valence-electron chi connectivity index (χ3n) is 4.27. The van der Waals surface area contributed by atoms with E-state index in [0.29, 0.717) is 10.2 Å². The molecule has 0 spiro atoms. The number of benzene rings is 2. The summed E-state index contributed by atoms with van der Waals surface area (Å²) in [6.45, 7) is 1.75. The summed E-state index contributed by atoms with van der Waals surface area (Å²) in [5.74, 6) is -1.04. The van der Waals surface area contributed by atoms with Gasteiger partial charge in [0.25, 0.3) is 5.91 Å². The molecule has 2 heterocycles. The highest BCUT2D eigenvalue weighted by Gasteiger charge is 2.14. The summed E-state index contributed by atoms with van der Waals surface area (Å²) in [5.41, 5.74) is 3.74. The Morgan fingerprint density at radius 1 is 1.20 bits per heavy atom. The van der Waals surface area contributed by atoms with Gasteiger partial charge in [-0.05, 0) is 42.0 Å². The van der Waals surface area contributed by atoms with Crippen LogP contribution in [0.5, 0.6) is 0 Å². The molecule has 4 rings (SSSR count). The Morgan fingerprint density at radius 2 is 2.08 bits per heavy atom. The number of nitrogens with one attached hydrogen (secondary N) is 2. The van der Waals surface area contributed by atoms with Crippen molar-refractivity contribution < 1.29 is 9.18 Å². The summed E-state index contributed by atoms with van der Waals surface area (Å²) in [6, 6.07) is 12.1. The van der Waals surface area contributed by atoms with Crippen LogP contribution in [0.2, 0.25) is 0 Å². The fourth-order valence-corrected chi connectivity index (χ4v) is 3.33. The first-order valence-electron chi connectivity index (χ1n) is 8.00. The molecular formula is C19H15BrFN3O. The summed E-state index contributed by atoms with van der Waals surface area (Å²) in [7, 11) is 0. The molecule has 3 aromatic rings. The molecule has 126 valence electrons. The molecule has 1 aliphatic heterocycles. The van der Waals surface area contributed by atoms with Crippen LogP contribution in [-0.2, 0) is 13.0 Å². The van der Waals surface area contributed by atoms with Gasteiger partial charge in [0, 0.05) is 40.8 Å². The Bertz CT molecular complexity index is 990. The van der Waals surface area contributed by atoms with Crippen molar-refractivity contribution in [1.29, 1.82) is 0 Å². The molecular weight excluding hydrogens is 385 g/mol. The first-order chi connectivity index (χ1) is 12.1. The fourth-order valence-electron chi connectivity index (χ4n) is 3.00. The predicted molar refractivity (Wildman–Crippen MR) is 99.2 cm³/mol. The lowest BCUT2D eigenvalue weighted by Gasteiger charge is -2.17. The minimum Gasteiger partial charge on any atom is -0.322 e. The molecule has 0 fully saturated rings. The first-order valence-corrected chi connectivity index (χ1v) is 8.79. The van der Waals surface area contributed by atoms with Gasteiger partial charge in [0.15, 0.2) is 0 Å². The second-order valence-corrected chi connectivity index (χ2v) is 6.92. The maximum atomic E-state index is 13.9. The van der Waals surface area contributed by atoms with Gasteiger partial charge in [0.05, 0.1) is 11.1 Å². The van der Waals surface area contributed by atoms with Crippen LogP contribution in [0.25, 0.3) is 10.9 Å². The topological polar surface area (TPSA) is 54.0 Å². The van der Waals surface area contributed by atoms with Gasteiger partial charge in [-0.2, -0.15) is 0 Å². The van der Waals surface area contributed by atoms with E-state index in [1.165, 1.54) is 17.7 Å². The smallest absolute Gasteiger partial charge is 0.258 e. The quantitative estimate of drug-likeness (QED) is 0.683. The third-order valence-corrected chi connectivity index (χ3v) is 4.77. The molecule has 6 heteroatoms. The number of halogens is 2. The highest BCUT2D eigenvalue weighted by atomic mass is 79.9. The van der Waals surface area contributed by atoms with Gasteiger partial charge in [-0.25, -0.2) is 4.39 Å². The average molecular weight is 400 g/mol. The number of anilines is 1. The van der Waals surface area contributed by atoms with E-state index in [4.69, 9.17) is 4.98 Å². The van der Waals surface area contributed by atoms with E-state index in [0.717, 1.165) is 36.1 Å². The highest BCUT2D eigenvalue weighted by molar-refractivity contribution is 9.10. The molecule has 0 saturated carbocycles. The van der Waals surface area contributed by atoms with Crippen molar-refractivity contribution in [3.63, 3.8) is 0 Å². The average Bonchev–Trinajstić information content (AvgIpc) is 2.59. The lowest BCUT2D eigenvalue weighted by molar-refractivity contribution is 0.102. The number of hydrogen-bond acceptors (Lipinski definition) is 3. The second kappa shape index (κ2) is 6.54. The lowest BCUT2D eigenvalue weighted by Crippen LogP contribution is -2.24. The number of pyridine rings is 1. The molecule has 2 aromatic carbocycles. The van der Waals surface area contributed by atoms with Gasteiger partial charge in [-0.15, -0.1) is 0 Å². The highest BCUT2D eigenvalue weighted by Crippen LogP contribution is 2.23. The van der Waals surface area contributed by atoms with Crippen LogP contribution in [0, 0.1) is 5.82 Å². The van der Waals surface area contributed by atoms with Gasteiger partial charge in [-0.3, -0.25) is 9.78 Å². The van der Waals surface area contributed by atoms with Crippen molar-refractivity contribution in [3.8, 4) is 0 Å². The lowest BCUT2D eigenvalue weighted by atomic mass is 10.0. The van der Waals surface area contributed by atoms with Crippen molar-refractivity contribution in [3.05, 3.63) is 69.6 Å². The zero-order valence-corrected chi connectivity index (χ0v) is 14.9. The van der Waals surface area contributed by atoms with E-state index in [9.17, 15) is 9.18 Å². The number of rotatable bonds is 2. The van der Waals surface area contributed by atoms with Gasteiger partial charge < -0.3 is 10.6 Å². The Kier molecular flexibility index (Phi) is 4.23. The van der Waals surface area contributed by atoms with E-state index in [1.807, 2.05) is 12.1 Å². The molecule has 0 bridgehead atoms. The van der Waals surface area contributed by atoms with Crippen molar-refractivity contribution in [1.82, 2.24) is 10.3 Å². The normalized spacial score (nSPS) is 13.5. The minimum atomic E-state index is -0.563. The molecule has 0 atom stereocenters. The molecule has 4 nitrogen and oxygen atoms in total. The summed E-state index contributed by atoms with van der Waals surface area (Å²) in [6.07, 6.45) is 0.895. The summed E-state index contributed by atoms with van der Waals surface area (Å²) in [5, 5.41) is 7.10. The number of hydrogen-bond donors (Lipinski definition) is 2. The number of amides is 1. The van der Waals surface area contributed by atoms with Crippen LogP contribution >= 0.6 is 15.9 Å². The molecule has 0 radical (unpaired) electrons. The monoisotopic (exact) mass is 399 g/mol. The summed E-state index contributed by atoms with van der Waals surface area (Å²) < 4.78 is 14.5. The number of nitrogens with zero attached hydrogens (tertiary/aromatic N) is 1. The Balaban J connectivity index is 1.64. The van der Waals surface area contributed by atoms with E-state index >= 15 is 0 Å². The van der Waals surface area contributed by atoms with Crippen molar-refractivity contribution >= 4 is 38.4 Å². The van der Waals surface area contributed by atoms with Crippen LogP contribution in [0.15, 0.2) is 46.9 Å². The zero-order chi connectivity index (χ0) is 17.4. The van der Waals surface area contributed by atoms with Crippen LogP contribution in [-0.4, -0.2) is 17.4 Å². The van der Waals surface area contributed by atoms with E-state index < -0.39 is 11.7 Å². The molecule has 0 unspecified atom stereocenters. The van der Waals surface area contributed by atoms with Gasteiger partial charge in [0.1, 0.15) is 5.82 Å². The third kappa shape index (κ3) is 3.27. The maximum absolute atomic E-state index is 13.9. The Morgan fingerprint density at radius 3 is 2.92 bits per heavy atom. The number of aromatic nitrogens is 1. The first kappa shape index (κ1) is 16.2. The standard InChI is InChI=1S/C19H15BrFN3O/c20-13-2-4-15(16(21)8-13)19(25)23-14-3-1-11-7-12-10-22-6-5-17(12)24-18(11)9-14/h1-4,7-9,22H,5-6,10H2,(H,23,25). The van der Waals surface area contributed by atoms with Gasteiger partial charge in [0.2, 0.25) is 0 Å². The predicted octanol–water partition coefficient (Wildman–Crippen LogP) is 4.03. The van der Waals surface area contributed by atoms with E-state index in [1.54, 1.807) is 12.1 Å². The second-order valence-electron chi connectivity index (χ2n) is 6.01. The van der Waals surface area contributed by atoms with Crippen molar-refractivity contribution in [2.45, 2.75) is 13.0 Å². The molecule has 2 N–H and O–H groups in total. The molecule has 1 amide bonds. The van der Waals surface area contributed by atoms with E-state index in [-0.39, 0.29) is 5.56 Å². The van der Waals surface area contributed by atoms with Gasteiger partial charge >= 0.3 is 0 Å². The molecule has 1 aromatic heterocycles. The van der Waals surface area contributed by atoms with Crippen LogP contribution in [0.3, 0.4) is 0 Å². The number of carbonyl (C=O) groups is 1. The Labute approximate surface area is 152 Å². The summed E-state index contributed by atoms with van der Waals surface area (Å²) in [4.78, 5) is 17.0. The molecule has 0 aliphatic carbocycles. The van der Waals surface area contributed by atoms with Crippen LogP contribution < -0.4 is 10.6 Å². The number of fused-ring (bicyclic) bond motifs is 2. The molecule has 0 saturated heterocycles. The summed E-state index contributed by atoms with van der Waals surface area (Å²) >= 11 is 3.18. The zero-order valence-electron chi connectivity index (χ0n) is 13.3. The SMILES string of the molecule is O=C(Nc1ccc2cc3c(nc2c1)CCNC3)c1ccc(Br)cc1F. The van der Waals surface area contributed by atoms with Crippen LogP contribution in [0.4, 0.5) is 10.1 Å². The minimum absolute atomic E-state index is 0.00720. The molecule has 1 aliphatic rings. The van der Waals surface area contributed by atoms with Crippen molar-refractivity contribution in [2.24, 2.45) is 0 Å². The Hall–Kier alpha value is -2.31. The van der Waals surface area contributed by atoms with E-state index in [2.05, 4.69) is 32.6 Å². The number of carbonyl (C=O) groups excluding carboxylic acids is 1. The van der Waals surface area contributed by atoms with Crippen molar-refractivity contribution in [2.75, 3.05) is 11.9 Å². The van der Waals surface area contributed by atoms with Gasteiger partial charge in [-0.1, -0.05) is 22.0 Å².